The van der Waals surface area contributed by atoms with Crippen molar-refractivity contribution in [3.05, 3.63) is 110 Å². The molecule has 1 saturated carbocycles. The number of hydrogen-bond acceptors (Lipinski definition) is 7. The van der Waals surface area contributed by atoms with Gasteiger partial charge in [0.2, 0.25) is 0 Å². The van der Waals surface area contributed by atoms with Crippen LogP contribution in [-0.2, 0) is 28.9 Å². The predicted octanol–water partition coefficient (Wildman–Crippen LogP) is 5.84. The van der Waals surface area contributed by atoms with E-state index in [1.807, 2.05) is 54.6 Å². The monoisotopic (exact) mass is 743 g/mol. The van der Waals surface area contributed by atoms with Crippen LogP contribution < -0.4 is 10.9 Å². The molecule has 1 aromatic heterocycles. The molecule has 282 valence electrons. The molecule has 3 aromatic carbocycles. The maximum absolute atomic E-state index is 13.6. The second kappa shape index (κ2) is 20.0. The maximum atomic E-state index is 13.6. The van der Waals surface area contributed by atoms with Crippen LogP contribution in [0.1, 0.15) is 83.7 Å². The highest BCUT2D eigenvalue weighted by molar-refractivity contribution is 6.30. The highest BCUT2D eigenvalue weighted by Gasteiger charge is 2.27. The van der Waals surface area contributed by atoms with Gasteiger partial charge < -0.3 is 20.4 Å². The molecule has 3 aliphatic rings. The highest BCUT2D eigenvalue weighted by atomic mass is 35.5. The molecule has 0 bridgehead atoms. The van der Waals surface area contributed by atoms with E-state index in [4.69, 9.17) is 36.5 Å². The molecule has 3 heterocycles. The molecule has 0 spiro atoms. The van der Waals surface area contributed by atoms with Crippen molar-refractivity contribution in [3.63, 3.8) is 0 Å². The topological polar surface area (TPSA) is 145 Å². The molecule has 2 aliphatic heterocycles. The molecule has 1 saturated heterocycles. The molecule has 7 rings (SSSR count). The summed E-state index contributed by atoms with van der Waals surface area (Å²) in [4.78, 5) is 48.6. The van der Waals surface area contributed by atoms with E-state index in [0.29, 0.717) is 18.0 Å². The van der Waals surface area contributed by atoms with Crippen LogP contribution >= 0.6 is 11.6 Å². The van der Waals surface area contributed by atoms with E-state index in [0.717, 1.165) is 105 Å². The summed E-state index contributed by atoms with van der Waals surface area (Å²) < 4.78 is 1.77. The van der Waals surface area contributed by atoms with Crippen LogP contribution in [0.15, 0.2) is 71.5 Å². The first-order valence-corrected chi connectivity index (χ1v) is 19.0. The number of amides is 1. The number of benzene rings is 3. The summed E-state index contributed by atoms with van der Waals surface area (Å²) in [5.41, 5.74) is 5.56. The van der Waals surface area contributed by atoms with Crippen LogP contribution in [0.5, 0.6) is 0 Å². The van der Waals surface area contributed by atoms with Crippen molar-refractivity contribution >= 4 is 41.2 Å². The number of nitrogens with one attached hydrogen (secondary N) is 1. The molecule has 1 aliphatic carbocycles. The molecule has 12 heteroatoms. The number of hydrogen-bond donors (Lipinski definition) is 3. The largest absolute Gasteiger partial charge is 0.483 e. The third kappa shape index (κ3) is 10.7. The predicted molar refractivity (Wildman–Crippen MR) is 207 cm³/mol. The number of fused-ring (bicyclic) bond motifs is 2. The van der Waals surface area contributed by atoms with Crippen molar-refractivity contribution in [1.29, 1.82) is 0 Å². The van der Waals surface area contributed by atoms with Gasteiger partial charge in [-0.1, -0.05) is 54.4 Å². The molecule has 4 aromatic rings. The Labute approximate surface area is 315 Å². The lowest BCUT2D eigenvalue weighted by Crippen LogP contribution is -2.41. The number of aromatic nitrogens is 2. The van der Waals surface area contributed by atoms with E-state index >= 15 is 0 Å². The van der Waals surface area contributed by atoms with Crippen molar-refractivity contribution in [3.8, 4) is 0 Å². The van der Waals surface area contributed by atoms with Gasteiger partial charge in [0, 0.05) is 54.6 Å². The Morgan fingerprint density at radius 1 is 0.830 bits per heavy atom. The minimum Gasteiger partial charge on any atom is -0.483 e. The molecule has 11 nitrogen and oxygen atoms in total. The first kappa shape index (κ1) is 39.6. The fraction of sp³-hybridized carbons (Fsp3) is 0.439. The van der Waals surface area contributed by atoms with Gasteiger partial charge in [0.1, 0.15) is 0 Å². The van der Waals surface area contributed by atoms with Crippen LogP contribution in [0.3, 0.4) is 0 Å². The number of carboxylic acid groups (broad SMARTS) is 2. The molecule has 1 amide bonds. The number of halogens is 1. The molecular formula is C41H50ClN5O6. The van der Waals surface area contributed by atoms with Gasteiger partial charge in [0.05, 0.1) is 17.1 Å². The van der Waals surface area contributed by atoms with Crippen molar-refractivity contribution in [1.82, 2.24) is 24.9 Å². The van der Waals surface area contributed by atoms with E-state index in [1.165, 1.54) is 30.4 Å². The van der Waals surface area contributed by atoms with Gasteiger partial charge in [-0.15, -0.1) is 0 Å². The second-order valence-corrected chi connectivity index (χ2v) is 14.3. The van der Waals surface area contributed by atoms with Gasteiger partial charge in [-0.3, -0.25) is 24.1 Å². The second-order valence-electron chi connectivity index (χ2n) is 13.9. The lowest BCUT2D eigenvalue weighted by atomic mass is 9.91. The van der Waals surface area contributed by atoms with E-state index < -0.39 is 0 Å². The van der Waals surface area contributed by atoms with Crippen LogP contribution in [0.4, 0.5) is 0 Å². The van der Waals surface area contributed by atoms with E-state index in [1.54, 1.807) is 4.68 Å². The number of carbonyl (C=O) groups excluding carboxylic acids is 1. The normalized spacial score (nSPS) is 17.7. The van der Waals surface area contributed by atoms with Gasteiger partial charge in [0.15, 0.2) is 0 Å². The molecular weight excluding hydrogens is 694 g/mol. The summed E-state index contributed by atoms with van der Waals surface area (Å²) >= 11 is 6.12. The third-order valence-corrected chi connectivity index (χ3v) is 10.9. The summed E-state index contributed by atoms with van der Waals surface area (Å²) in [5, 5.41) is 24.3. The van der Waals surface area contributed by atoms with Gasteiger partial charge in [-0.25, -0.2) is 4.68 Å². The van der Waals surface area contributed by atoms with E-state index in [2.05, 4.69) is 27.2 Å². The van der Waals surface area contributed by atoms with Crippen molar-refractivity contribution in [2.75, 3.05) is 39.3 Å². The number of rotatable bonds is 9. The van der Waals surface area contributed by atoms with Crippen molar-refractivity contribution in [2.45, 2.75) is 76.3 Å². The van der Waals surface area contributed by atoms with Gasteiger partial charge in [-0.2, -0.15) is 5.10 Å². The minimum absolute atomic E-state index is 0.00453. The zero-order valence-electron chi connectivity index (χ0n) is 30.2. The van der Waals surface area contributed by atoms with Crippen LogP contribution in [-0.4, -0.2) is 94.0 Å². The zero-order valence-corrected chi connectivity index (χ0v) is 30.9. The first-order valence-electron chi connectivity index (χ1n) is 18.6. The quantitative estimate of drug-likeness (QED) is 0.142. The summed E-state index contributed by atoms with van der Waals surface area (Å²) in [6.45, 7) is 5.24. The summed E-state index contributed by atoms with van der Waals surface area (Å²) in [5.74, 6) is 0.0278. The standard InChI is InChI=1S/C39H46ClN5O2.2CH2O2/c40-32-15-11-28(12-16-32)26-37-35-9-1-2-10-36(35)39(47)45(42-37)34-8-4-21-43(23-19-34)22-5-20-41-38(46)31-14-13-29-17-24-44(33-6-3-7-33)25-18-30(29)27-31;2*2-1-3/h1-2,9-16,27,33-34H,3-8,17-26H2,(H,41,46);2*1H,(H,2,3). The van der Waals surface area contributed by atoms with Crippen LogP contribution in [0.2, 0.25) is 5.02 Å². The maximum Gasteiger partial charge on any atom is 0.290 e. The van der Waals surface area contributed by atoms with Gasteiger partial charge >= 0.3 is 0 Å². The number of nitrogens with zero attached hydrogens (tertiary/aromatic N) is 4. The van der Waals surface area contributed by atoms with Gasteiger partial charge in [-0.05, 0) is 111 Å². The van der Waals surface area contributed by atoms with E-state index in [-0.39, 0.29) is 30.5 Å². The smallest absolute Gasteiger partial charge is 0.290 e. The zero-order chi connectivity index (χ0) is 37.6. The molecule has 0 radical (unpaired) electrons. The Hall–Kier alpha value is -4.58. The Bertz CT molecular complexity index is 1870. The highest BCUT2D eigenvalue weighted by Crippen LogP contribution is 2.28. The Morgan fingerprint density at radius 3 is 2.21 bits per heavy atom. The molecule has 1 atom stereocenters. The number of likely N-dealkylation sites (tertiary alicyclic amines) is 1. The first-order chi connectivity index (χ1) is 25.8. The molecule has 3 N–H and O–H groups in total. The molecule has 2 fully saturated rings. The fourth-order valence-corrected chi connectivity index (χ4v) is 7.79. The van der Waals surface area contributed by atoms with Crippen molar-refractivity contribution < 1.29 is 24.6 Å². The number of carbonyl (C=O) groups is 3. The molecule has 1 unspecified atom stereocenters. The summed E-state index contributed by atoms with van der Waals surface area (Å²) in [7, 11) is 0. The van der Waals surface area contributed by atoms with Crippen LogP contribution in [0.25, 0.3) is 10.8 Å². The summed E-state index contributed by atoms with van der Waals surface area (Å²) in [6.07, 6.45) is 10.5. The van der Waals surface area contributed by atoms with E-state index in [9.17, 15) is 9.59 Å². The Kier molecular flexibility index (Phi) is 15.0. The third-order valence-electron chi connectivity index (χ3n) is 10.7. The molecule has 53 heavy (non-hydrogen) atoms. The van der Waals surface area contributed by atoms with Crippen LogP contribution in [0, 0.1) is 0 Å². The lowest BCUT2D eigenvalue weighted by Gasteiger charge is -2.36. The van der Waals surface area contributed by atoms with Gasteiger partial charge in [0.25, 0.3) is 24.4 Å². The Balaban J connectivity index is 0.000000847. The lowest BCUT2D eigenvalue weighted by molar-refractivity contribution is -0.123. The fourth-order valence-electron chi connectivity index (χ4n) is 7.66. The SMILES string of the molecule is O=C(NCCCN1CCCC(n2nc(Cc3ccc(Cl)cc3)c3ccccc3c2=O)CC1)c1ccc2c(c1)CCN(C1CCC1)CC2.O=CO.O=CO. The Morgan fingerprint density at radius 2 is 1.51 bits per heavy atom. The average molecular weight is 744 g/mol. The van der Waals surface area contributed by atoms with Crippen molar-refractivity contribution in [2.24, 2.45) is 0 Å². The average Bonchev–Trinajstić information content (AvgIpc) is 3.51. The minimum atomic E-state index is -0.250. The summed E-state index contributed by atoms with van der Waals surface area (Å²) in [6, 6.07) is 22.8.